The van der Waals surface area contributed by atoms with Gasteiger partial charge in [-0.05, 0) is 42.5 Å². The zero-order chi connectivity index (χ0) is 16.3. The number of nitrogen functional groups attached to an aromatic ring is 1. The zero-order valence-electron chi connectivity index (χ0n) is 11.0. The zero-order valence-corrected chi connectivity index (χ0v) is 11.9. The van der Waals surface area contributed by atoms with Gasteiger partial charge in [0.25, 0.3) is 10.1 Å². The number of nitrogens with two attached hydrogens (primary N) is 1. The minimum Gasteiger partial charge on any atom is -0.478 e. The summed E-state index contributed by atoms with van der Waals surface area (Å²) in [6.45, 7) is 0. The minimum atomic E-state index is -4.26. The van der Waals surface area contributed by atoms with Crippen LogP contribution >= 0.6 is 0 Å². The first-order chi connectivity index (χ1) is 10.3. The van der Waals surface area contributed by atoms with E-state index in [1.165, 1.54) is 42.5 Å². The van der Waals surface area contributed by atoms with E-state index in [0.29, 0.717) is 5.69 Å². The molecule has 2 aromatic carbocycles. The highest BCUT2D eigenvalue weighted by atomic mass is 32.2. The van der Waals surface area contributed by atoms with Crippen molar-refractivity contribution in [1.29, 1.82) is 0 Å². The maximum absolute atomic E-state index is 10.9. The van der Waals surface area contributed by atoms with Crippen LogP contribution in [-0.4, -0.2) is 24.0 Å². The SMILES string of the molecule is Nc1ccc(/N=N/c2ccc(S(=O)(=O)O)cc2)cc1C(=O)O. The Morgan fingerprint density at radius 1 is 1.00 bits per heavy atom. The van der Waals surface area contributed by atoms with Gasteiger partial charge in [0.05, 0.1) is 21.8 Å². The lowest BCUT2D eigenvalue weighted by Crippen LogP contribution is -2.01. The van der Waals surface area contributed by atoms with Gasteiger partial charge in [-0.3, -0.25) is 4.55 Å². The molecule has 0 aliphatic rings. The molecule has 0 aliphatic carbocycles. The average Bonchev–Trinajstić information content (AvgIpc) is 2.45. The van der Waals surface area contributed by atoms with Crippen LogP contribution in [-0.2, 0) is 10.1 Å². The topological polar surface area (TPSA) is 142 Å². The van der Waals surface area contributed by atoms with Gasteiger partial charge in [0.1, 0.15) is 0 Å². The van der Waals surface area contributed by atoms with E-state index in [0.717, 1.165) is 0 Å². The van der Waals surface area contributed by atoms with Crippen LogP contribution in [0.4, 0.5) is 17.1 Å². The number of hydrogen-bond acceptors (Lipinski definition) is 6. The Labute approximate surface area is 125 Å². The molecular formula is C13H11N3O5S. The molecule has 0 saturated heterocycles. The third-order valence-electron chi connectivity index (χ3n) is 2.68. The highest BCUT2D eigenvalue weighted by molar-refractivity contribution is 7.85. The van der Waals surface area contributed by atoms with E-state index < -0.39 is 16.1 Å². The van der Waals surface area contributed by atoms with Crippen LogP contribution in [0.1, 0.15) is 10.4 Å². The van der Waals surface area contributed by atoms with Gasteiger partial charge in [-0.25, -0.2) is 4.79 Å². The molecule has 22 heavy (non-hydrogen) atoms. The summed E-state index contributed by atoms with van der Waals surface area (Å²) in [6, 6.07) is 9.22. The Morgan fingerprint density at radius 2 is 1.55 bits per heavy atom. The fourth-order valence-corrected chi connectivity index (χ4v) is 2.07. The van der Waals surface area contributed by atoms with Gasteiger partial charge >= 0.3 is 5.97 Å². The number of hydrogen-bond donors (Lipinski definition) is 3. The number of carboxylic acid groups (broad SMARTS) is 1. The maximum atomic E-state index is 10.9. The van der Waals surface area contributed by atoms with Crippen LogP contribution < -0.4 is 5.73 Å². The standard InChI is InChI=1S/C13H11N3O5S/c14-12-6-3-9(7-11(12)13(17)18)16-15-8-1-4-10(5-2-8)22(19,20)21/h1-7H,14H2,(H,17,18)(H,19,20,21)/b16-15+. The average molecular weight is 321 g/mol. The molecule has 0 aliphatic heterocycles. The molecule has 0 spiro atoms. The van der Waals surface area contributed by atoms with Crippen LogP contribution in [0.15, 0.2) is 57.6 Å². The molecule has 0 fully saturated rings. The van der Waals surface area contributed by atoms with E-state index in [2.05, 4.69) is 10.2 Å². The van der Waals surface area contributed by atoms with Gasteiger partial charge in [-0.1, -0.05) is 0 Å². The molecule has 0 saturated carbocycles. The highest BCUT2D eigenvalue weighted by Crippen LogP contribution is 2.23. The maximum Gasteiger partial charge on any atom is 0.337 e. The van der Waals surface area contributed by atoms with Gasteiger partial charge in [-0.2, -0.15) is 18.6 Å². The predicted molar refractivity (Wildman–Crippen MR) is 78.2 cm³/mol. The van der Waals surface area contributed by atoms with Crippen molar-refractivity contribution in [3.8, 4) is 0 Å². The van der Waals surface area contributed by atoms with Crippen molar-refractivity contribution in [2.45, 2.75) is 4.90 Å². The number of nitrogens with zero attached hydrogens (tertiary/aromatic N) is 2. The number of carboxylic acids is 1. The van der Waals surface area contributed by atoms with E-state index in [1.54, 1.807) is 0 Å². The number of aromatic carboxylic acids is 1. The third-order valence-corrected chi connectivity index (χ3v) is 3.55. The van der Waals surface area contributed by atoms with Crippen molar-refractivity contribution < 1.29 is 22.9 Å². The summed E-state index contributed by atoms with van der Waals surface area (Å²) < 4.78 is 30.6. The molecule has 0 atom stereocenters. The largest absolute Gasteiger partial charge is 0.478 e. The Morgan fingerprint density at radius 3 is 2.09 bits per heavy atom. The molecule has 0 aromatic heterocycles. The Bertz CT molecular complexity index is 844. The second-order valence-electron chi connectivity index (χ2n) is 4.25. The minimum absolute atomic E-state index is 0.0850. The van der Waals surface area contributed by atoms with Crippen LogP contribution in [0, 0.1) is 0 Å². The molecule has 0 unspecified atom stereocenters. The normalized spacial score (nSPS) is 11.7. The van der Waals surface area contributed by atoms with Crippen LogP contribution in [0.25, 0.3) is 0 Å². The van der Waals surface area contributed by atoms with E-state index in [1.807, 2.05) is 0 Å². The van der Waals surface area contributed by atoms with Gasteiger partial charge in [0.15, 0.2) is 0 Å². The van der Waals surface area contributed by atoms with E-state index in [4.69, 9.17) is 15.4 Å². The van der Waals surface area contributed by atoms with Crippen LogP contribution in [0.3, 0.4) is 0 Å². The molecule has 9 heteroatoms. The number of benzene rings is 2. The van der Waals surface area contributed by atoms with Crippen molar-refractivity contribution in [2.24, 2.45) is 10.2 Å². The quantitative estimate of drug-likeness (QED) is 0.449. The van der Waals surface area contributed by atoms with Gasteiger partial charge in [-0.15, -0.1) is 0 Å². The molecule has 8 nitrogen and oxygen atoms in total. The number of anilines is 1. The number of carbonyl (C=O) groups is 1. The molecule has 4 N–H and O–H groups in total. The molecule has 114 valence electrons. The van der Waals surface area contributed by atoms with Gasteiger partial charge in [0, 0.05) is 5.69 Å². The first kappa shape index (κ1) is 15.6. The van der Waals surface area contributed by atoms with E-state index >= 15 is 0 Å². The lowest BCUT2D eigenvalue weighted by atomic mass is 10.1. The monoisotopic (exact) mass is 321 g/mol. The van der Waals surface area contributed by atoms with Gasteiger partial charge in [0.2, 0.25) is 0 Å². The number of rotatable bonds is 4. The molecule has 2 rings (SSSR count). The summed E-state index contributed by atoms with van der Waals surface area (Å²) in [7, 11) is -4.26. The third kappa shape index (κ3) is 3.65. The van der Waals surface area contributed by atoms with Crippen molar-refractivity contribution in [2.75, 3.05) is 5.73 Å². The lowest BCUT2D eigenvalue weighted by molar-refractivity contribution is 0.0698. The summed E-state index contributed by atoms with van der Waals surface area (Å²) >= 11 is 0. The van der Waals surface area contributed by atoms with E-state index in [9.17, 15) is 13.2 Å². The molecule has 0 heterocycles. The lowest BCUT2D eigenvalue weighted by Gasteiger charge is -2.01. The Balaban J connectivity index is 2.25. The molecule has 0 amide bonds. The summed E-state index contributed by atoms with van der Waals surface area (Å²) in [4.78, 5) is 10.7. The summed E-state index contributed by atoms with van der Waals surface area (Å²) in [5.74, 6) is -1.17. The smallest absolute Gasteiger partial charge is 0.337 e. The fourth-order valence-electron chi connectivity index (χ4n) is 1.59. The Hall–Kier alpha value is -2.78. The summed E-state index contributed by atoms with van der Waals surface area (Å²) in [6.07, 6.45) is 0. The van der Waals surface area contributed by atoms with E-state index in [-0.39, 0.29) is 21.8 Å². The molecular weight excluding hydrogens is 310 g/mol. The first-order valence-electron chi connectivity index (χ1n) is 5.89. The van der Waals surface area contributed by atoms with Crippen LogP contribution in [0.5, 0.6) is 0 Å². The predicted octanol–water partition coefficient (Wildman–Crippen LogP) is 2.63. The fraction of sp³-hybridized carbons (Fsp3) is 0. The van der Waals surface area contributed by atoms with Crippen LogP contribution in [0.2, 0.25) is 0 Å². The molecule has 0 radical (unpaired) electrons. The van der Waals surface area contributed by atoms with Crippen molar-refractivity contribution in [3.63, 3.8) is 0 Å². The van der Waals surface area contributed by atoms with Crippen molar-refractivity contribution in [3.05, 3.63) is 48.0 Å². The van der Waals surface area contributed by atoms with Crippen molar-refractivity contribution in [1.82, 2.24) is 0 Å². The second kappa shape index (κ2) is 5.92. The van der Waals surface area contributed by atoms with Gasteiger partial charge < -0.3 is 10.8 Å². The number of azo groups is 1. The first-order valence-corrected chi connectivity index (χ1v) is 7.33. The summed E-state index contributed by atoms with van der Waals surface area (Å²) in [5.41, 5.74) is 6.17. The molecule has 2 aromatic rings. The molecule has 0 bridgehead atoms. The highest BCUT2D eigenvalue weighted by Gasteiger charge is 2.09. The second-order valence-corrected chi connectivity index (χ2v) is 5.67. The summed E-state index contributed by atoms with van der Waals surface area (Å²) in [5, 5.41) is 16.6. The Kier molecular flexibility index (Phi) is 4.20. The van der Waals surface area contributed by atoms with Crippen molar-refractivity contribution >= 4 is 33.1 Å².